The molecule has 0 fully saturated rings. The summed E-state index contributed by atoms with van der Waals surface area (Å²) in [7, 11) is 0. The molecule has 0 radical (unpaired) electrons. The number of benzene rings is 1. The highest BCUT2D eigenvalue weighted by molar-refractivity contribution is 5.96. The van der Waals surface area contributed by atoms with Crippen LogP contribution < -0.4 is 11.1 Å². The van der Waals surface area contributed by atoms with E-state index in [0.29, 0.717) is 24.3 Å². The van der Waals surface area contributed by atoms with Gasteiger partial charge in [0, 0.05) is 24.3 Å². The lowest BCUT2D eigenvalue weighted by atomic mass is 10.1. The molecular formula is C15H19N3O2. The molecule has 5 heteroatoms. The molecule has 1 aliphatic rings. The predicted molar refractivity (Wildman–Crippen MR) is 78.1 cm³/mol. The molecule has 106 valence electrons. The van der Waals surface area contributed by atoms with Crippen molar-refractivity contribution in [3.63, 3.8) is 0 Å². The van der Waals surface area contributed by atoms with Crippen LogP contribution in [-0.2, 0) is 4.79 Å². The number of hydrogen-bond donors (Lipinski definition) is 2. The fourth-order valence-corrected chi connectivity index (χ4v) is 2.13. The molecule has 1 aromatic carbocycles. The van der Waals surface area contributed by atoms with Gasteiger partial charge in [0.05, 0.1) is 6.54 Å². The van der Waals surface area contributed by atoms with Gasteiger partial charge in [-0.3, -0.25) is 9.59 Å². The van der Waals surface area contributed by atoms with Crippen LogP contribution >= 0.6 is 0 Å². The van der Waals surface area contributed by atoms with Crippen molar-refractivity contribution in [1.29, 1.82) is 0 Å². The van der Waals surface area contributed by atoms with Crippen LogP contribution in [0.5, 0.6) is 0 Å². The minimum Gasteiger partial charge on any atom is -0.399 e. The maximum atomic E-state index is 12.0. The number of anilines is 1. The van der Waals surface area contributed by atoms with Crippen molar-refractivity contribution < 1.29 is 9.59 Å². The van der Waals surface area contributed by atoms with Gasteiger partial charge in [-0.15, -0.1) is 0 Å². The second kappa shape index (κ2) is 6.23. The number of nitrogens with zero attached hydrogens (tertiary/aromatic N) is 1. The van der Waals surface area contributed by atoms with Gasteiger partial charge < -0.3 is 16.0 Å². The monoisotopic (exact) mass is 273 g/mol. The standard InChI is InChI=1S/C15H19N3O2/c1-11-3-2-8-18(10-11)14(19)9-17-15(20)12-4-6-13(16)7-5-12/h3-7H,2,8-10,16H2,1H3,(H,17,20). The number of rotatable bonds is 3. The third-order valence-electron chi connectivity index (χ3n) is 3.26. The van der Waals surface area contributed by atoms with Crippen molar-refractivity contribution in [3.8, 4) is 0 Å². The first-order valence-corrected chi connectivity index (χ1v) is 6.63. The first-order chi connectivity index (χ1) is 9.56. The highest BCUT2D eigenvalue weighted by atomic mass is 16.2. The van der Waals surface area contributed by atoms with Crippen molar-refractivity contribution in [1.82, 2.24) is 10.2 Å². The summed E-state index contributed by atoms with van der Waals surface area (Å²) in [5, 5.41) is 2.64. The van der Waals surface area contributed by atoms with E-state index in [4.69, 9.17) is 5.73 Å². The molecule has 0 saturated carbocycles. The summed E-state index contributed by atoms with van der Waals surface area (Å²) in [5.74, 6) is -0.316. The molecule has 1 aliphatic heterocycles. The van der Waals surface area contributed by atoms with Gasteiger partial charge in [-0.25, -0.2) is 0 Å². The Hall–Kier alpha value is -2.30. The number of nitrogens with one attached hydrogen (secondary N) is 1. The van der Waals surface area contributed by atoms with E-state index in [9.17, 15) is 9.59 Å². The fraction of sp³-hybridized carbons (Fsp3) is 0.333. The number of nitrogens with two attached hydrogens (primary N) is 1. The Morgan fingerprint density at radius 2 is 2.00 bits per heavy atom. The number of carbonyl (C=O) groups is 2. The second-order valence-corrected chi connectivity index (χ2v) is 4.96. The molecule has 0 spiro atoms. The summed E-state index contributed by atoms with van der Waals surface area (Å²) in [6.45, 7) is 3.40. The fourth-order valence-electron chi connectivity index (χ4n) is 2.13. The second-order valence-electron chi connectivity index (χ2n) is 4.96. The van der Waals surface area contributed by atoms with E-state index in [1.165, 1.54) is 5.57 Å². The Kier molecular flexibility index (Phi) is 4.40. The van der Waals surface area contributed by atoms with E-state index < -0.39 is 0 Å². The Bertz CT molecular complexity index is 535. The van der Waals surface area contributed by atoms with Crippen molar-refractivity contribution in [3.05, 3.63) is 41.5 Å². The molecule has 0 bridgehead atoms. The van der Waals surface area contributed by atoms with Crippen LogP contribution in [0.15, 0.2) is 35.9 Å². The third kappa shape index (κ3) is 3.60. The molecule has 5 nitrogen and oxygen atoms in total. The van der Waals surface area contributed by atoms with Gasteiger partial charge >= 0.3 is 0 Å². The molecule has 1 heterocycles. The predicted octanol–water partition coefficient (Wildman–Crippen LogP) is 1.18. The van der Waals surface area contributed by atoms with Crippen LogP contribution in [0, 0.1) is 0 Å². The lowest BCUT2D eigenvalue weighted by Gasteiger charge is -2.26. The summed E-state index contributed by atoms with van der Waals surface area (Å²) in [5.41, 5.74) is 7.86. The Labute approximate surface area is 118 Å². The SMILES string of the molecule is CC1=CCCN(C(=O)CNC(=O)c2ccc(N)cc2)C1. The zero-order valence-corrected chi connectivity index (χ0v) is 11.6. The van der Waals surface area contributed by atoms with Crippen LogP contribution in [0.4, 0.5) is 5.69 Å². The largest absolute Gasteiger partial charge is 0.399 e. The number of hydrogen-bond acceptors (Lipinski definition) is 3. The molecule has 0 saturated heterocycles. The molecule has 0 aromatic heterocycles. The van der Waals surface area contributed by atoms with Gasteiger partial charge in [0.25, 0.3) is 5.91 Å². The third-order valence-corrected chi connectivity index (χ3v) is 3.26. The zero-order chi connectivity index (χ0) is 14.5. The lowest BCUT2D eigenvalue weighted by molar-refractivity contribution is -0.129. The molecule has 0 atom stereocenters. The van der Waals surface area contributed by atoms with Crippen molar-refractivity contribution >= 4 is 17.5 Å². The molecular weight excluding hydrogens is 254 g/mol. The smallest absolute Gasteiger partial charge is 0.251 e. The highest BCUT2D eigenvalue weighted by Gasteiger charge is 2.17. The minimum absolute atomic E-state index is 0.0243. The Morgan fingerprint density at radius 3 is 2.65 bits per heavy atom. The summed E-state index contributed by atoms with van der Waals surface area (Å²) >= 11 is 0. The van der Waals surface area contributed by atoms with Gasteiger partial charge in [0.1, 0.15) is 0 Å². The lowest BCUT2D eigenvalue weighted by Crippen LogP contribution is -2.42. The van der Waals surface area contributed by atoms with E-state index in [0.717, 1.165) is 6.42 Å². The van der Waals surface area contributed by atoms with Crippen LogP contribution in [0.2, 0.25) is 0 Å². The van der Waals surface area contributed by atoms with E-state index in [-0.39, 0.29) is 18.4 Å². The van der Waals surface area contributed by atoms with Gasteiger partial charge in [-0.1, -0.05) is 11.6 Å². The molecule has 1 aromatic rings. The number of nitrogen functional groups attached to an aromatic ring is 1. The average Bonchev–Trinajstić information content (AvgIpc) is 2.45. The molecule has 2 amide bonds. The summed E-state index contributed by atoms with van der Waals surface area (Å²) < 4.78 is 0. The normalized spacial score (nSPS) is 14.7. The van der Waals surface area contributed by atoms with Crippen LogP contribution in [-0.4, -0.2) is 36.3 Å². The maximum Gasteiger partial charge on any atom is 0.251 e. The van der Waals surface area contributed by atoms with Crippen LogP contribution in [0.1, 0.15) is 23.7 Å². The number of amides is 2. The van der Waals surface area contributed by atoms with Gasteiger partial charge in [-0.05, 0) is 37.6 Å². The first-order valence-electron chi connectivity index (χ1n) is 6.63. The van der Waals surface area contributed by atoms with E-state index in [2.05, 4.69) is 11.4 Å². The Morgan fingerprint density at radius 1 is 1.30 bits per heavy atom. The van der Waals surface area contributed by atoms with Crippen molar-refractivity contribution in [2.24, 2.45) is 0 Å². The molecule has 2 rings (SSSR count). The maximum absolute atomic E-state index is 12.0. The summed E-state index contributed by atoms with van der Waals surface area (Å²) in [4.78, 5) is 25.6. The van der Waals surface area contributed by atoms with E-state index in [1.54, 1.807) is 29.2 Å². The van der Waals surface area contributed by atoms with Crippen LogP contribution in [0.25, 0.3) is 0 Å². The first kappa shape index (κ1) is 14.1. The molecule has 0 unspecified atom stereocenters. The van der Waals surface area contributed by atoms with Gasteiger partial charge in [0.15, 0.2) is 0 Å². The minimum atomic E-state index is -0.261. The van der Waals surface area contributed by atoms with Crippen LogP contribution in [0.3, 0.4) is 0 Å². The summed E-state index contributed by atoms with van der Waals surface area (Å²) in [6, 6.07) is 6.61. The molecule has 0 aliphatic carbocycles. The quantitative estimate of drug-likeness (QED) is 0.641. The average molecular weight is 273 g/mol. The molecule has 3 N–H and O–H groups in total. The van der Waals surface area contributed by atoms with Gasteiger partial charge in [-0.2, -0.15) is 0 Å². The zero-order valence-electron chi connectivity index (χ0n) is 11.6. The van der Waals surface area contributed by atoms with E-state index in [1.807, 2.05) is 6.92 Å². The van der Waals surface area contributed by atoms with Crippen molar-refractivity contribution in [2.75, 3.05) is 25.4 Å². The molecule has 20 heavy (non-hydrogen) atoms. The van der Waals surface area contributed by atoms with Crippen molar-refractivity contribution in [2.45, 2.75) is 13.3 Å². The topological polar surface area (TPSA) is 75.4 Å². The van der Waals surface area contributed by atoms with E-state index >= 15 is 0 Å². The summed E-state index contributed by atoms with van der Waals surface area (Å²) in [6.07, 6.45) is 3.01. The van der Waals surface area contributed by atoms with Gasteiger partial charge in [0.2, 0.25) is 5.91 Å². The number of carbonyl (C=O) groups excluding carboxylic acids is 2. The highest BCUT2D eigenvalue weighted by Crippen LogP contribution is 2.09. The Balaban J connectivity index is 1.85.